The fraction of sp³-hybridized carbons (Fsp3) is 0.364. The van der Waals surface area contributed by atoms with Gasteiger partial charge in [0, 0.05) is 20.6 Å². The number of methoxy groups -OCH3 is 1. The molecule has 0 aliphatic rings. The Kier molecular flexibility index (Phi) is 4.37. The molecule has 82 valence electrons. The van der Waals surface area contributed by atoms with E-state index in [-0.39, 0.29) is 0 Å². The third-order valence-electron chi connectivity index (χ3n) is 2.14. The monoisotopic (exact) mass is 224 g/mol. The van der Waals surface area contributed by atoms with E-state index in [1.807, 2.05) is 43.3 Å². The lowest BCUT2D eigenvalue weighted by Crippen LogP contribution is -2.33. The van der Waals surface area contributed by atoms with Crippen molar-refractivity contribution in [2.45, 2.75) is 6.54 Å². The second-order valence-corrected chi connectivity index (χ2v) is 3.65. The second-order valence-electron chi connectivity index (χ2n) is 3.26. The summed E-state index contributed by atoms with van der Waals surface area (Å²) in [5.74, 6) is 0.873. The second kappa shape index (κ2) is 5.56. The minimum absolute atomic E-state index is 0.741. The summed E-state index contributed by atoms with van der Waals surface area (Å²) in [5, 5.41) is 3.68. The zero-order chi connectivity index (χ0) is 11.3. The van der Waals surface area contributed by atoms with Crippen LogP contribution >= 0.6 is 12.2 Å². The highest BCUT2D eigenvalue weighted by Gasteiger charge is 2.02. The Bertz CT molecular complexity index is 324. The van der Waals surface area contributed by atoms with Crippen molar-refractivity contribution >= 4 is 17.3 Å². The van der Waals surface area contributed by atoms with Gasteiger partial charge in [-0.1, -0.05) is 12.1 Å². The zero-order valence-electron chi connectivity index (χ0n) is 9.28. The van der Waals surface area contributed by atoms with Gasteiger partial charge in [0.1, 0.15) is 5.75 Å². The molecule has 0 aromatic heterocycles. The van der Waals surface area contributed by atoms with Crippen LogP contribution in [0.5, 0.6) is 5.75 Å². The molecule has 0 heterocycles. The number of hydrogen-bond acceptors (Lipinski definition) is 2. The van der Waals surface area contributed by atoms with Gasteiger partial charge < -0.3 is 15.0 Å². The van der Waals surface area contributed by atoms with Crippen LogP contribution < -0.4 is 10.1 Å². The van der Waals surface area contributed by atoms with Crippen LogP contribution in [-0.4, -0.2) is 31.2 Å². The van der Waals surface area contributed by atoms with Crippen LogP contribution in [0.15, 0.2) is 24.3 Å². The topological polar surface area (TPSA) is 24.5 Å². The van der Waals surface area contributed by atoms with Gasteiger partial charge in [-0.25, -0.2) is 0 Å². The van der Waals surface area contributed by atoms with Crippen molar-refractivity contribution in [3.8, 4) is 5.75 Å². The summed E-state index contributed by atoms with van der Waals surface area (Å²) >= 11 is 5.12. The van der Waals surface area contributed by atoms with Crippen LogP contribution in [0, 0.1) is 0 Å². The minimum atomic E-state index is 0.741. The van der Waals surface area contributed by atoms with Gasteiger partial charge in [0.05, 0.1) is 7.11 Å². The molecular formula is C11H16N2OS. The summed E-state index contributed by atoms with van der Waals surface area (Å²) in [6.07, 6.45) is 0. The lowest BCUT2D eigenvalue weighted by molar-refractivity contribution is 0.414. The molecule has 0 spiro atoms. The maximum absolute atomic E-state index is 5.12. The minimum Gasteiger partial charge on any atom is -0.497 e. The standard InChI is InChI=1S/C11H16N2OS/c1-12-11(15)13(2)8-9-4-6-10(14-3)7-5-9/h4-7H,8H2,1-3H3,(H,12,15). The van der Waals surface area contributed by atoms with Crippen LogP contribution in [0.25, 0.3) is 0 Å². The van der Waals surface area contributed by atoms with Gasteiger partial charge in [-0.3, -0.25) is 0 Å². The van der Waals surface area contributed by atoms with Crippen molar-refractivity contribution in [2.24, 2.45) is 0 Å². The molecule has 1 rings (SSSR count). The van der Waals surface area contributed by atoms with Gasteiger partial charge in [0.2, 0.25) is 0 Å². The third-order valence-corrected chi connectivity index (χ3v) is 2.66. The third kappa shape index (κ3) is 3.40. The Balaban J connectivity index is 2.60. The number of hydrogen-bond donors (Lipinski definition) is 1. The van der Waals surface area contributed by atoms with Crippen LogP contribution in [-0.2, 0) is 6.54 Å². The summed E-state index contributed by atoms with van der Waals surface area (Å²) in [5.41, 5.74) is 1.20. The smallest absolute Gasteiger partial charge is 0.168 e. The van der Waals surface area contributed by atoms with E-state index in [0.29, 0.717) is 0 Å². The van der Waals surface area contributed by atoms with Crippen molar-refractivity contribution in [1.82, 2.24) is 10.2 Å². The van der Waals surface area contributed by atoms with E-state index >= 15 is 0 Å². The van der Waals surface area contributed by atoms with Crippen molar-refractivity contribution in [1.29, 1.82) is 0 Å². The van der Waals surface area contributed by atoms with Crippen molar-refractivity contribution in [3.05, 3.63) is 29.8 Å². The number of nitrogens with zero attached hydrogens (tertiary/aromatic N) is 1. The maximum atomic E-state index is 5.12. The molecule has 1 N–H and O–H groups in total. The molecule has 0 saturated carbocycles. The molecule has 0 saturated heterocycles. The molecule has 0 aliphatic heterocycles. The highest BCUT2D eigenvalue weighted by Crippen LogP contribution is 2.12. The first-order valence-corrected chi connectivity index (χ1v) is 5.14. The lowest BCUT2D eigenvalue weighted by atomic mass is 10.2. The van der Waals surface area contributed by atoms with Crippen LogP contribution in [0.2, 0.25) is 0 Å². The van der Waals surface area contributed by atoms with E-state index in [4.69, 9.17) is 17.0 Å². The van der Waals surface area contributed by atoms with Gasteiger partial charge in [-0.05, 0) is 29.9 Å². The Morgan fingerprint density at radius 1 is 1.40 bits per heavy atom. The zero-order valence-corrected chi connectivity index (χ0v) is 10.1. The summed E-state index contributed by atoms with van der Waals surface area (Å²) in [6.45, 7) is 0.795. The Morgan fingerprint density at radius 3 is 2.47 bits per heavy atom. The van der Waals surface area contributed by atoms with Crippen molar-refractivity contribution in [2.75, 3.05) is 21.2 Å². The summed E-state index contributed by atoms with van der Waals surface area (Å²) in [4.78, 5) is 1.98. The number of benzene rings is 1. The molecule has 4 heteroatoms. The first-order chi connectivity index (χ1) is 7.17. The summed E-state index contributed by atoms with van der Waals surface area (Å²) in [7, 11) is 5.45. The normalized spacial score (nSPS) is 9.53. The van der Waals surface area contributed by atoms with Crippen molar-refractivity contribution < 1.29 is 4.74 Å². The molecule has 15 heavy (non-hydrogen) atoms. The van der Waals surface area contributed by atoms with E-state index in [1.54, 1.807) is 7.11 Å². The Morgan fingerprint density at radius 2 is 2.00 bits per heavy atom. The largest absolute Gasteiger partial charge is 0.497 e. The SMILES string of the molecule is CNC(=S)N(C)Cc1ccc(OC)cc1. The highest BCUT2D eigenvalue weighted by atomic mass is 32.1. The highest BCUT2D eigenvalue weighted by molar-refractivity contribution is 7.80. The molecule has 1 aromatic carbocycles. The number of rotatable bonds is 3. The average molecular weight is 224 g/mol. The quantitative estimate of drug-likeness (QED) is 0.789. The van der Waals surface area contributed by atoms with E-state index < -0.39 is 0 Å². The first kappa shape index (κ1) is 11.8. The van der Waals surface area contributed by atoms with E-state index in [2.05, 4.69) is 5.32 Å². The fourth-order valence-electron chi connectivity index (χ4n) is 1.27. The molecule has 0 amide bonds. The average Bonchev–Trinajstić information content (AvgIpc) is 2.29. The molecule has 3 nitrogen and oxygen atoms in total. The van der Waals surface area contributed by atoms with E-state index in [9.17, 15) is 0 Å². The molecule has 0 radical (unpaired) electrons. The Hall–Kier alpha value is -1.29. The van der Waals surface area contributed by atoms with Crippen LogP contribution in [0.3, 0.4) is 0 Å². The number of ether oxygens (including phenoxy) is 1. The van der Waals surface area contributed by atoms with E-state index in [1.165, 1.54) is 5.56 Å². The molecule has 0 aliphatic carbocycles. The summed E-state index contributed by atoms with van der Waals surface area (Å²) < 4.78 is 5.09. The first-order valence-electron chi connectivity index (χ1n) is 4.73. The molecule has 0 fully saturated rings. The number of nitrogens with one attached hydrogen (secondary N) is 1. The summed E-state index contributed by atoms with van der Waals surface area (Å²) in [6, 6.07) is 7.97. The van der Waals surface area contributed by atoms with Crippen molar-refractivity contribution in [3.63, 3.8) is 0 Å². The predicted octanol–water partition coefficient (Wildman–Crippen LogP) is 1.63. The number of thiocarbonyl (C=S) groups is 1. The van der Waals surface area contributed by atoms with E-state index in [0.717, 1.165) is 17.4 Å². The molecule has 0 atom stereocenters. The maximum Gasteiger partial charge on any atom is 0.168 e. The van der Waals surface area contributed by atoms with Gasteiger partial charge >= 0.3 is 0 Å². The van der Waals surface area contributed by atoms with Crippen LogP contribution in [0.4, 0.5) is 0 Å². The molecule has 0 unspecified atom stereocenters. The lowest BCUT2D eigenvalue weighted by Gasteiger charge is -2.19. The predicted molar refractivity (Wildman–Crippen MR) is 66.1 cm³/mol. The van der Waals surface area contributed by atoms with Crippen LogP contribution in [0.1, 0.15) is 5.56 Å². The molecule has 0 bridgehead atoms. The van der Waals surface area contributed by atoms with Gasteiger partial charge in [0.25, 0.3) is 0 Å². The van der Waals surface area contributed by atoms with Gasteiger partial charge in [-0.2, -0.15) is 0 Å². The van der Waals surface area contributed by atoms with Gasteiger partial charge in [0.15, 0.2) is 5.11 Å². The molecule has 1 aromatic rings. The Labute approximate surface area is 96.0 Å². The van der Waals surface area contributed by atoms with Gasteiger partial charge in [-0.15, -0.1) is 0 Å². The fourth-order valence-corrected chi connectivity index (χ4v) is 1.33. The molecular weight excluding hydrogens is 208 g/mol.